The molecule has 2 aromatic heterocycles. The molecule has 0 radical (unpaired) electrons. The highest BCUT2D eigenvalue weighted by Crippen LogP contribution is 2.44. The van der Waals surface area contributed by atoms with Crippen molar-refractivity contribution in [3.05, 3.63) is 11.6 Å². The van der Waals surface area contributed by atoms with Crippen molar-refractivity contribution in [3.8, 4) is 0 Å². The van der Waals surface area contributed by atoms with Crippen molar-refractivity contribution < 1.29 is 23.7 Å². The van der Waals surface area contributed by atoms with Crippen LogP contribution < -0.4 is 5.73 Å². The molecular weight excluding hydrogens is 390 g/mol. The van der Waals surface area contributed by atoms with Gasteiger partial charge in [0, 0.05) is 7.11 Å². The predicted molar refractivity (Wildman–Crippen MR) is 99.5 cm³/mol. The third-order valence-corrected chi connectivity index (χ3v) is 5.08. The second kappa shape index (κ2) is 6.75. The van der Waals surface area contributed by atoms with E-state index in [1.54, 1.807) is 18.0 Å². The molecule has 4 heterocycles. The summed E-state index contributed by atoms with van der Waals surface area (Å²) in [7, 11) is 1.59. The molecule has 11 heteroatoms. The van der Waals surface area contributed by atoms with Gasteiger partial charge in [-0.25, -0.2) is 4.98 Å². The maximum atomic E-state index is 6.24. The van der Waals surface area contributed by atoms with Crippen LogP contribution in [0.25, 0.3) is 11.2 Å². The van der Waals surface area contributed by atoms with Gasteiger partial charge in [-0.05, 0) is 39.3 Å². The number of methoxy groups -OCH3 is 1. The van der Waals surface area contributed by atoms with Gasteiger partial charge in [0.25, 0.3) is 0 Å². The number of aromatic nitrogens is 4. The van der Waals surface area contributed by atoms with E-state index < -0.39 is 17.8 Å². The van der Waals surface area contributed by atoms with Gasteiger partial charge < -0.3 is 29.4 Å². The number of hydrogen-bond acceptors (Lipinski definition) is 9. The summed E-state index contributed by atoms with van der Waals surface area (Å²) in [6, 6.07) is 0. The first-order valence-electron chi connectivity index (χ1n) is 8.96. The largest absolute Gasteiger partial charge is 0.382 e. The van der Waals surface area contributed by atoms with Crippen molar-refractivity contribution in [2.75, 3.05) is 19.5 Å². The van der Waals surface area contributed by atoms with Crippen LogP contribution in [0.4, 0.5) is 5.82 Å². The van der Waals surface area contributed by atoms with E-state index in [9.17, 15) is 0 Å². The van der Waals surface area contributed by atoms with Gasteiger partial charge >= 0.3 is 0 Å². The molecule has 2 aliphatic heterocycles. The first-order chi connectivity index (χ1) is 13.1. The number of nitrogens with two attached hydrogens (primary N) is 1. The highest BCUT2D eigenvalue weighted by atomic mass is 35.5. The molecule has 0 aliphatic carbocycles. The molecule has 0 bridgehead atoms. The molecular formula is C17H24ClN5O5. The molecule has 28 heavy (non-hydrogen) atoms. The lowest BCUT2D eigenvalue weighted by atomic mass is 10.1. The fraction of sp³-hybridized carbons (Fsp3) is 0.706. The molecule has 2 saturated heterocycles. The van der Waals surface area contributed by atoms with Crippen LogP contribution in [0.1, 0.15) is 33.9 Å². The van der Waals surface area contributed by atoms with E-state index in [-0.39, 0.29) is 36.0 Å². The lowest BCUT2D eigenvalue weighted by molar-refractivity contribution is -0.235. The number of fused-ring (bicyclic) bond motifs is 2. The summed E-state index contributed by atoms with van der Waals surface area (Å²) < 4.78 is 31.4. The number of nitrogen functional groups attached to an aromatic ring is 1. The fourth-order valence-corrected chi connectivity index (χ4v) is 3.63. The minimum atomic E-state index is -0.756. The Labute approximate surface area is 167 Å². The highest BCUT2D eigenvalue weighted by molar-refractivity contribution is 6.28. The second-order valence-corrected chi connectivity index (χ2v) is 8.08. The first kappa shape index (κ1) is 19.7. The smallest absolute Gasteiger partial charge is 0.226 e. The minimum Gasteiger partial charge on any atom is -0.382 e. The Morgan fingerprint density at radius 1 is 1.29 bits per heavy atom. The first-order valence-corrected chi connectivity index (χ1v) is 9.34. The van der Waals surface area contributed by atoms with E-state index in [1.165, 1.54) is 0 Å². The Hall–Kier alpha value is -1.56. The van der Waals surface area contributed by atoms with E-state index in [0.29, 0.717) is 11.2 Å². The van der Waals surface area contributed by atoms with Gasteiger partial charge in [-0.2, -0.15) is 9.97 Å². The molecule has 1 unspecified atom stereocenters. The molecule has 10 nitrogen and oxygen atoms in total. The Bertz CT molecular complexity index is 888. The summed E-state index contributed by atoms with van der Waals surface area (Å²) in [5.41, 5.74) is 6.83. The SMILES string of the molecule is COC(C)(C)OC[C@H]1O[C@@H](n2cnc3c(N)nc(Cl)nc32)[C@H]2OC(C)(C)OC12. The minimum absolute atomic E-state index is 0.0342. The number of anilines is 1. The van der Waals surface area contributed by atoms with E-state index in [1.807, 2.05) is 27.7 Å². The quantitative estimate of drug-likeness (QED) is 0.579. The summed E-state index contributed by atoms with van der Waals surface area (Å²) in [5.74, 6) is -1.30. The van der Waals surface area contributed by atoms with Crippen LogP contribution >= 0.6 is 11.6 Å². The molecule has 4 rings (SSSR count). The normalized spacial score (nSPS) is 29.5. The second-order valence-electron chi connectivity index (χ2n) is 7.75. The van der Waals surface area contributed by atoms with Crippen molar-refractivity contribution in [1.82, 2.24) is 19.5 Å². The van der Waals surface area contributed by atoms with Crippen molar-refractivity contribution in [3.63, 3.8) is 0 Å². The summed E-state index contributed by atoms with van der Waals surface area (Å²) in [4.78, 5) is 12.5. The van der Waals surface area contributed by atoms with Crippen LogP contribution in [0, 0.1) is 0 Å². The number of halogens is 1. The van der Waals surface area contributed by atoms with Crippen LogP contribution in [0.15, 0.2) is 6.33 Å². The average Bonchev–Trinajstić information content (AvgIpc) is 3.24. The summed E-state index contributed by atoms with van der Waals surface area (Å²) in [5, 5.41) is 0.0342. The number of rotatable bonds is 5. The molecule has 0 aromatic carbocycles. The molecule has 154 valence electrons. The van der Waals surface area contributed by atoms with Crippen LogP contribution in [-0.2, 0) is 23.7 Å². The third kappa shape index (κ3) is 3.44. The van der Waals surface area contributed by atoms with Gasteiger partial charge in [0.15, 0.2) is 29.3 Å². The molecule has 4 atom stereocenters. The van der Waals surface area contributed by atoms with Gasteiger partial charge in [0.05, 0.1) is 12.9 Å². The number of ether oxygens (including phenoxy) is 5. The van der Waals surface area contributed by atoms with E-state index in [0.717, 1.165) is 0 Å². The zero-order valence-electron chi connectivity index (χ0n) is 16.4. The average molecular weight is 414 g/mol. The van der Waals surface area contributed by atoms with E-state index in [4.69, 9.17) is 41.0 Å². The molecule has 2 aromatic rings. The number of imidazole rings is 1. The monoisotopic (exact) mass is 413 g/mol. The lowest BCUT2D eigenvalue weighted by Crippen LogP contribution is -2.37. The van der Waals surface area contributed by atoms with Gasteiger partial charge in [0.2, 0.25) is 5.28 Å². The maximum absolute atomic E-state index is 6.24. The van der Waals surface area contributed by atoms with E-state index in [2.05, 4.69) is 15.0 Å². The number of hydrogen-bond donors (Lipinski definition) is 1. The van der Waals surface area contributed by atoms with Crippen LogP contribution in [0.5, 0.6) is 0 Å². The Morgan fingerprint density at radius 2 is 2.00 bits per heavy atom. The van der Waals surface area contributed by atoms with Gasteiger partial charge in [-0.1, -0.05) is 0 Å². The van der Waals surface area contributed by atoms with Gasteiger partial charge in [-0.3, -0.25) is 4.57 Å². The number of nitrogens with zero attached hydrogens (tertiary/aromatic N) is 4. The van der Waals surface area contributed by atoms with E-state index >= 15 is 0 Å². The summed E-state index contributed by atoms with van der Waals surface area (Å²) >= 11 is 5.99. The Kier molecular flexibility index (Phi) is 4.76. The topological polar surface area (TPSA) is 116 Å². The van der Waals surface area contributed by atoms with Gasteiger partial charge in [-0.15, -0.1) is 0 Å². The van der Waals surface area contributed by atoms with Crippen molar-refractivity contribution in [1.29, 1.82) is 0 Å². The molecule has 0 amide bonds. The highest BCUT2D eigenvalue weighted by Gasteiger charge is 2.56. The molecule has 2 aliphatic rings. The summed E-state index contributed by atoms with van der Waals surface area (Å²) in [6.07, 6.45) is -0.0498. The Morgan fingerprint density at radius 3 is 2.71 bits per heavy atom. The summed E-state index contributed by atoms with van der Waals surface area (Å²) in [6.45, 7) is 7.66. The van der Waals surface area contributed by atoms with Crippen LogP contribution in [-0.4, -0.2) is 63.1 Å². The predicted octanol–water partition coefficient (Wildman–Crippen LogP) is 1.88. The third-order valence-electron chi connectivity index (χ3n) is 4.91. The maximum Gasteiger partial charge on any atom is 0.226 e. The van der Waals surface area contributed by atoms with Crippen molar-refractivity contribution in [2.45, 2.75) is 63.8 Å². The molecule has 2 fully saturated rings. The fourth-order valence-electron chi connectivity index (χ4n) is 3.46. The molecule has 0 spiro atoms. The Balaban J connectivity index is 1.66. The molecule has 0 saturated carbocycles. The van der Waals surface area contributed by atoms with Crippen LogP contribution in [0.3, 0.4) is 0 Å². The van der Waals surface area contributed by atoms with Crippen molar-refractivity contribution in [2.24, 2.45) is 0 Å². The standard InChI is InChI=1S/C17H24ClN5O5/c1-16(2,24-5)25-6-8-10-11(28-17(3,4)27-10)14(26-8)23-7-20-9-12(19)21-15(18)22-13(9)23/h7-8,10-11,14H,6H2,1-5H3,(H2,19,21,22)/t8-,10?,11+,14-/m1/s1. The zero-order chi connectivity index (χ0) is 20.3. The lowest BCUT2D eigenvalue weighted by Gasteiger charge is -2.28. The zero-order valence-corrected chi connectivity index (χ0v) is 17.1. The van der Waals surface area contributed by atoms with Crippen molar-refractivity contribution >= 4 is 28.6 Å². The van der Waals surface area contributed by atoms with Crippen LogP contribution in [0.2, 0.25) is 5.28 Å². The molecule has 2 N–H and O–H groups in total. The van der Waals surface area contributed by atoms with Gasteiger partial charge in [0.1, 0.15) is 23.8 Å².